The van der Waals surface area contributed by atoms with Crippen LogP contribution in [0.1, 0.15) is 32.2 Å². The van der Waals surface area contributed by atoms with Crippen LogP contribution in [0.15, 0.2) is 43.2 Å². The fourth-order valence-corrected chi connectivity index (χ4v) is 4.38. The number of fused-ring (bicyclic) bond motifs is 1. The number of rotatable bonds is 6. The average molecular weight is 547 g/mol. The highest BCUT2D eigenvalue weighted by atomic mass is 19.2. The number of allylic oxidation sites excluding steroid dienone is 1. The van der Waals surface area contributed by atoms with Crippen LogP contribution in [0, 0.1) is 29.1 Å². The SMILES string of the molecule is C=CC.Nc1ncnc2c1c(-c1ccc(Oc3c(F)c(F)cc(F)c3F)cc1F)nn2C1CCC(NC=O)C1. The van der Waals surface area contributed by atoms with Gasteiger partial charge in [0, 0.05) is 23.7 Å². The maximum atomic E-state index is 15.2. The van der Waals surface area contributed by atoms with Gasteiger partial charge in [-0.05, 0) is 38.3 Å². The predicted octanol–water partition coefficient (Wildman–Crippen LogP) is 5.60. The third-order valence-electron chi connectivity index (χ3n) is 6.06. The van der Waals surface area contributed by atoms with Crippen molar-refractivity contribution >= 4 is 23.3 Å². The summed E-state index contributed by atoms with van der Waals surface area (Å²) >= 11 is 0. The molecule has 0 radical (unpaired) electrons. The van der Waals surface area contributed by atoms with E-state index in [4.69, 9.17) is 10.5 Å². The van der Waals surface area contributed by atoms with Crippen LogP contribution in [0.3, 0.4) is 0 Å². The first-order chi connectivity index (χ1) is 18.7. The molecule has 2 atom stereocenters. The molecule has 204 valence electrons. The molecule has 5 rings (SSSR count). The van der Waals surface area contributed by atoms with Crippen LogP contribution in [0.4, 0.5) is 27.8 Å². The molecule has 1 saturated carbocycles. The first-order valence-corrected chi connectivity index (χ1v) is 11.8. The fraction of sp³-hybridized carbons (Fsp3) is 0.231. The van der Waals surface area contributed by atoms with Crippen molar-refractivity contribution in [3.8, 4) is 22.8 Å². The van der Waals surface area contributed by atoms with Gasteiger partial charge in [-0.1, -0.05) is 6.08 Å². The van der Waals surface area contributed by atoms with E-state index in [1.807, 2.05) is 6.92 Å². The molecule has 2 aromatic heterocycles. The maximum absolute atomic E-state index is 15.2. The first kappa shape index (κ1) is 27.5. The second-order valence-corrected chi connectivity index (χ2v) is 8.65. The smallest absolute Gasteiger partial charge is 0.207 e. The summed E-state index contributed by atoms with van der Waals surface area (Å²) in [6.07, 6.45) is 5.62. The van der Waals surface area contributed by atoms with Crippen molar-refractivity contribution in [2.75, 3.05) is 5.73 Å². The lowest BCUT2D eigenvalue weighted by Crippen LogP contribution is -2.25. The van der Waals surface area contributed by atoms with E-state index in [-0.39, 0.29) is 35.2 Å². The van der Waals surface area contributed by atoms with Gasteiger partial charge in [-0.25, -0.2) is 27.8 Å². The number of hydrogen-bond acceptors (Lipinski definition) is 6. The molecule has 0 spiro atoms. The number of benzene rings is 2. The Labute approximate surface area is 219 Å². The molecule has 2 heterocycles. The van der Waals surface area contributed by atoms with Crippen LogP contribution in [0.5, 0.6) is 11.5 Å². The third-order valence-corrected chi connectivity index (χ3v) is 6.06. The minimum absolute atomic E-state index is 0.0384. The molecular weight excluding hydrogens is 523 g/mol. The van der Waals surface area contributed by atoms with E-state index in [2.05, 4.69) is 27.0 Å². The first-order valence-electron chi connectivity index (χ1n) is 11.8. The van der Waals surface area contributed by atoms with Gasteiger partial charge in [0.2, 0.25) is 23.8 Å². The summed E-state index contributed by atoms with van der Waals surface area (Å²) in [7, 11) is 0. The summed E-state index contributed by atoms with van der Waals surface area (Å²) in [4.78, 5) is 19.0. The van der Waals surface area contributed by atoms with Crippen molar-refractivity contribution in [2.24, 2.45) is 0 Å². The monoisotopic (exact) mass is 546 g/mol. The third kappa shape index (κ3) is 5.38. The summed E-state index contributed by atoms with van der Waals surface area (Å²) in [5.41, 5.74) is 6.51. The number of nitrogens with one attached hydrogen (secondary N) is 1. The van der Waals surface area contributed by atoms with Crippen LogP contribution in [0.25, 0.3) is 22.3 Å². The number of carbonyl (C=O) groups excluding carboxylic acids is 1. The molecule has 1 fully saturated rings. The number of nitrogens with zero attached hydrogens (tertiary/aromatic N) is 4. The summed E-state index contributed by atoms with van der Waals surface area (Å²) in [6, 6.07) is 3.02. The van der Waals surface area contributed by atoms with Gasteiger partial charge in [0.05, 0.1) is 11.4 Å². The van der Waals surface area contributed by atoms with Crippen molar-refractivity contribution in [1.82, 2.24) is 25.1 Å². The van der Waals surface area contributed by atoms with Crippen molar-refractivity contribution in [2.45, 2.75) is 38.3 Å². The molecule has 8 nitrogen and oxygen atoms in total. The summed E-state index contributed by atoms with van der Waals surface area (Å²) in [6.45, 7) is 5.25. The molecule has 2 aromatic carbocycles. The molecule has 0 bridgehead atoms. The van der Waals surface area contributed by atoms with Crippen LogP contribution >= 0.6 is 0 Å². The standard InChI is InChI=1S/C23H17F5N6O2.C3H6/c24-14-6-12(36-21-18(27)15(25)7-16(26)19(21)28)3-4-13(14)20-17-22(29)30-8-31-23(17)34(33-20)11-2-1-10(5-11)32-9-35;1-3-2/h3-4,6-11H,1-2,5H2,(H,32,35)(H2,29,30,31);3H,1H2,2H3. The lowest BCUT2D eigenvalue weighted by Gasteiger charge is -2.12. The summed E-state index contributed by atoms with van der Waals surface area (Å²) in [5.74, 6) is -9.44. The van der Waals surface area contributed by atoms with Gasteiger partial charge in [0.25, 0.3) is 0 Å². The summed E-state index contributed by atoms with van der Waals surface area (Å²) < 4.78 is 76.6. The van der Waals surface area contributed by atoms with Gasteiger partial charge in [-0.2, -0.15) is 13.9 Å². The van der Waals surface area contributed by atoms with E-state index in [1.54, 1.807) is 10.8 Å². The van der Waals surface area contributed by atoms with Gasteiger partial charge >= 0.3 is 0 Å². The largest absolute Gasteiger partial charge is 0.451 e. The Morgan fingerprint density at radius 3 is 2.41 bits per heavy atom. The maximum Gasteiger partial charge on any atom is 0.207 e. The summed E-state index contributed by atoms with van der Waals surface area (Å²) in [5, 5.41) is 7.57. The minimum Gasteiger partial charge on any atom is -0.451 e. The topological polar surface area (TPSA) is 108 Å². The number of halogens is 5. The fourth-order valence-electron chi connectivity index (χ4n) is 4.38. The van der Waals surface area contributed by atoms with Crippen LogP contribution in [0.2, 0.25) is 0 Å². The normalized spacial score (nSPS) is 16.5. The van der Waals surface area contributed by atoms with Crippen molar-refractivity contribution in [1.29, 1.82) is 0 Å². The zero-order chi connectivity index (χ0) is 28.3. The van der Waals surface area contributed by atoms with E-state index in [0.717, 1.165) is 18.6 Å². The highest BCUT2D eigenvalue weighted by molar-refractivity contribution is 5.98. The Balaban J connectivity index is 0.00000112. The number of ether oxygens (including phenoxy) is 1. The molecular formula is C26H23F5N6O2. The number of nitrogens with two attached hydrogens (primary N) is 1. The quantitative estimate of drug-likeness (QED) is 0.141. The van der Waals surface area contributed by atoms with E-state index >= 15 is 4.39 Å². The molecule has 0 saturated heterocycles. The molecule has 1 aliphatic carbocycles. The zero-order valence-electron chi connectivity index (χ0n) is 20.6. The number of aromatic nitrogens is 4. The van der Waals surface area contributed by atoms with Gasteiger partial charge in [-0.3, -0.25) is 4.79 Å². The highest BCUT2D eigenvalue weighted by Gasteiger charge is 2.30. The molecule has 1 aliphatic rings. The Kier molecular flexibility index (Phi) is 8.07. The number of hydrogen-bond donors (Lipinski definition) is 2. The number of carbonyl (C=O) groups is 1. The van der Waals surface area contributed by atoms with E-state index in [0.29, 0.717) is 30.3 Å². The second kappa shape index (κ2) is 11.5. The van der Waals surface area contributed by atoms with Gasteiger partial charge < -0.3 is 15.8 Å². The van der Waals surface area contributed by atoms with Crippen LogP contribution < -0.4 is 15.8 Å². The molecule has 4 aromatic rings. The Morgan fingerprint density at radius 1 is 1.08 bits per heavy atom. The van der Waals surface area contributed by atoms with Gasteiger partial charge in [0.15, 0.2) is 17.3 Å². The minimum atomic E-state index is -1.76. The second-order valence-electron chi connectivity index (χ2n) is 8.65. The molecule has 39 heavy (non-hydrogen) atoms. The lowest BCUT2D eigenvalue weighted by molar-refractivity contribution is -0.110. The molecule has 3 N–H and O–H groups in total. The molecule has 13 heteroatoms. The van der Waals surface area contributed by atoms with Crippen LogP contribution in [-0.4, -0.2) is 32.2 Å². The van der Waals surface area contributed by atoms with Crippen LogP contribution in [-0.2, 0) is 4.79 Å². The van der Waals surface area contributed by atoms with E-state index in [1.165, 1.54) is 12.4 Å². The van der Waals surface area contributed by atoms with Crippen molar-refractivity contribution < 1.29 is 31.5 Å². The highest BCUT2D eigenvalue weighted by Crippen LogP contribution is 2.39. The van der Waals surface area contributed by atoms with Crippen molar-refractivity contribution in [3.63, 3.8) is 0 Å². The van der Waals surface area contributed by atoms with E-state index < -0.39 is 40.6 Å². The number of nitrogen functional groups attached to an aromatic ring is 1. The molecule has 2 unspecified atom stereocenters. The van der Waals surface area contributed by atoms with E-state index in [9.17, 15) is 22.4 Å². The Bertz CT molecular complexity index is 1520. The number of anilines is 1. The lowest BCUT2D eigenvalue weighted by atomic mass is 10.1. The number of amides is 1. The van der Waals surface area contributed by atoms with Gasteiger partial charge in [0.1, 0.15) is 29.4 Å². The molecule has 0 aliphatic heterocycles. The Morgan fingerprint density at radius 2 is 1.77 bits per heavy atom. The predicted molar refractivity (Wildman–Crippen MR) is 133 cm³/mol. The molecule has 1 amide bonds. The zero-order valence-corrected chi connectivity index (χ0v) is 20.6. The van der Waals surface area contributed by atoms with Gasteiger partial charge in [-0.15, -0.1) is 6.58 Å². The average Bonchev–Trinajstić information content (AvgIpc) is 3.52. The van der Waals surface area contributed by atoms with Crippen molar-refractivity contribution in [3.05, 3.63) is 72.3 Å². The Hall–Kier alpha value is -4.55.